The molecule has 0 N–H and O–H groups in total. The van der Waals surface area contributed by atoms with E-state index in [1.807, 2.05) is 38.1 Å². The van der Waals surface area contributed by atoms with E-state index in [0.29, 0.717) is 55.6 Å². The van der Waals surface area contributed by atoms with E-state index in [2.05, 4.69) is 10.1 Å². The van der Waals surface area contributed by atoms with Crippen molar-refractivity contribution in [2.75, 3.05) is 31.2 Å². The number of anilines is 1. The summed E-state index contributed by atoms with van der Waals surface area (Å²) in [6.45, 7) is 5.88. The van der Waals surface area contributed by atoms with Gasteiger partial charge in [0.15, 0.2) is 5.65 Å². The highest BCUT2D eigenvalue weighted by atomic mass is 19.4. The van der Waals surface area contributed by atoms with Crippen molar-refractivity contribution in [3.63, 3.8) is 0 Å². The van der Waals surface area contributed by atoms with E-state index >= 15 is 0 Å². The maximum Gasteiger partial charge on any atom is 0.391 e. The number of pyridine rings is 1. The molecule has 0 unspecified atom stereocenters. The molecule has 0 radical (unpaired) electrons. The molecule has 8 nitrogen and oxygen atoms in total. The Balaban J connectivity index is 1.34. The molecule has 35 heavy (non-hydrogen) atoms. The van der Waals surface area contributed by atoms with Crippen molar-refractivity contribution in [3.05, 3.63) is 35.3 Å². The molecule has 0 amide bonds. The van der Waals surface area contributed by atoms with Gasteiger partial charge in [0, 0.05) is 31.0 Å². The number of hydrogen-bond donors (Lipinski definition) is 0. The van der Waals surface area contributed by atoms with Crippen LogP contribution in [0.25, 0.3) is 11.0 Å². The van der Waals surface area contributed by atoms with Gasteiger partial charge in [-0.05, 0) is 50.7 Å². The van der Waals surface area contributed by atoms with E-state index < -0.39 is 12.1 Å². The topological polar surface area (TPSA) is 78.2 Å². The SMILES string of the molecule is Cc1cc2c(OCC[C@H]3C[C@H](C(F)(F)F)C3)nc(N3CCO[C@@H](c4cnn(C)c4)C3)nc2nc1C. The summed E-state index contributed by atoms with van der Waals surface area (Å²) in [7, 11) is 1.86. The van der Waals surface area contributed by atoms with Crippen LogP contribution in [0.3, 0.4) is 0 Å². The standard InChI is InChI=1S/C24H29F3N6O2/c1-14-8-19-21(29-15(14)2)30-23(33-5-7-34-20(13-33)17-11-28-32(3)12-17)31-22(19)35-6-4-16-9-18(10-16)24(25,26)27/h8,11-12,16,18,20H,4-7,9-10,13H2,1-3H3/t16-,18-,20-/m1/s1. The first-order valence-electron chi connectivity index (χ1n) is 11.9. The zero-order valence-electron chi connectivity index (χ0n) is 20.0. The van der Waals surface area contributed by atoms with Crippen molar-refractivity contribution in [3.8, 4) is 5.88 Å². The molecule has 188 valence electrons. The Morgan fingerprint density at radius 2 is 1.97 bits per heavy atom. The van der Waals surface area contributed by atoms with Gasteiger partial charge in [-0.25, -0.2) is 4.98 Å². The van der Waals surface area contributed by atoms with E-state index in [-0.39, 0.29) is 24.9 Å². The summed E-state index contributed by atoms with van der Waals surface area (Å²) in [6.07, 6.45) is 0.379. The number of aromatic nitrogens is 5. The van der Waals surface area contributed by atoms with Crippen LogP contribution in [0.4, 0.5) is 19.1 Å². The molecule has 5 rings (SSSR count). The van der Waals surface area contributed by atoms with Crippen LogP contribution in [-0.4, -0.2) is 57.2 Å². The number of rotatable bonds is 6. The van der Waals surface area contributed by atoms with Crippen LogP contribution in [-0.2, 0) is 11.8 Å². The van der Waals surface area contributed by atoms with E-state index in [9.17, 15) is 13.2 Å². The Kier molecular flexibility index (Phi) is 6.29. The molecule has 1 aliphatic heterocycles. The minimum atomic E-state index is -4.10. The lowest BCUT2D eigenvalue weighted by molar-refractivity contribution is -0.205. The van der Waals surface area contributed by atoms with Crippen LogP contribution < -0.4 is 9.64 Å². The fourth-order valence-electron chi connectivity index (χ4n) is 4.66. The Morgan fingerprint density at radius 3 is 2.69 bits per heavy atom. The summed E-state index contributed by atoms with van der Waals surface area (Å²) in [4.78, 5) is 16.1. The number of ether oxygens (including phenoxy) is 2. The van der Waals surface area contributed by atoms with Crippen LogP contribution in [0.1, 0.15) is 42.2 Å². The van der Waals surface area contributed by atoms with Gasteiger partial charge in [0.1, 0.15) is 6.10 Å². The van der Waals surface area contributed by atoms with Gasteiger partial charge in [-0.15, -0.1) is 0 Å². The minimum Gasteiger partial charge on any atom is -0.477 e. The molecule has 1 atom stereocenters. The average molecular weight is 491 g/mol. The van der Waals surface area contributed by atoms with Crippen molar-refractivity contribution in [1.29, 1.82) is 0 Å². The largest absolute Gasteiger partial charge is 0.477 e. The van der Waals surface area contributed by atoms with Gasteiger partial charge >= 0.3 is 6.18 Å². The van der Waals surface area contributed by atoms with Crippen molar-refractivity contribution in [2.45, 2.75) is 45.4 Å². The Morgan fingerprint density at radius 1 is 1.17 bits per heavy atom. The molecule has 1 saturated heterocycles. The second kappa shape index (κ2) is 9.25. The van der Waals surface area contributed by atoms with Gasteiger partial charge in [0.2, 0.25) is 11.8 Å². The lowest BCUT2D eigenvalue weighted by atomic mass is 9.73. The molecule has 0 spiro atoms. The number of nitrogens with zero attached hydrogens (tertiary/aromatic N) is 6. The van der Waals surface area contributed by atoms with Gasteiger partial charge in [-0.3, -0.25) is 4.68 Å². The Bertz CT molecular complexity index is 1210. The zero-order chi connectivity index (χ0) is 24.7. The van der Waals surface area contributed by atoms with E-state index in [4.69, 9.17) is 19.4 Å². The predicted octanol–water partition coefficient (Wildman–Crippen LogP) is 4.31. The van der Waals surface area contributed by atoms with Gasteiger partial charge in [0.25, 0.3) is 0 Å². The summed E-state index contributed by atoms with van der Waals surface area (Å²) < 4.78 is 52.1. The Labute approximate surface area is 201 Å². The van der Waals surface area contributed by atoms with Crippen molar-refractivity contribution < 1.29 is 22.6 Å². The van der Waals surface area contributed by atoms with E-state index in [0.717, 1.165) is 16.8 Å². The summed E-state index contributed by atoms with van der Waals surface area (Å²) in [5, 5.41) is 4.94. The van der Waals surface area contributed by atoms with Crippen molar-refractivity contribution >= 4 is 17.0 Å². The summed E-state index contributed by atoms with van der Waals surface area (Å²) in [5.74, 6) is -0.239. The van der Waals surface area contributed by atoms with Gasteiger partial charge < -0.3 is 14.4 Å². The second-order valence-electron chi connectivity index (χ2n) is 9.56. The highest BCUT2D eigenvalue weighted by molar-refractivity contribution is 5.82. The third-order valence-corrected chi connectivity index (χ3v) is 6.99. The Hall–Kier alpha value is -2.95. The molecule has 1 saturated carbocycles. The fourth-order valence-corrected chi connectivity index (χ4v) is 4.66. The number of morpholine rings is 1. The summed E-state index contributed by atoms with van der Waals surface area (Å²) >= 11 is 0. The number of fused-ring (bicyclic) bond motifs is 1. The van der Waals surface area contributed by atoms with E-state index in [1.165, 1.54) is 0 Å². The lowest BCUT2D eigenvalue weighted by Crippen LogP contribution is -2.39. The smallest absolute Gasteiger partial charge is 0.391 e. The number of aryl methyl sites for hydroxylation is 3. The highest BCUT2D eigenvalue weighted by Gasteiger charge is 2.47. The molecule has 4 heterocycles. The number of halogens is 3. The lowest BCUT2D eigenvalue weighted by Gasteiger charge is -2.36. The molecule has 3 aromatic rings. The van der Waals surface area contributed by atoms with Gasteiger partial charge in [-0.2, -0.15) is 28.2 Å². The first kappa shape index (κ1) is 23.8. The van der Waals surface area contributed by atoms with E-state index in [1.54, 1.807) is 10.9 Å². The van der Waals surface area contributed by atoms with Crippen LogP contribution in [0.5, 0.6) is 5.88 Å². The first-order valence-corrected chi connectivity index (χ1v) is 11.9. The molecule has 0 bridgehead atoms. The number of hydrogen-bond acceptors (Lipinski definition) is 7. The van der Waals surface area contributed by atoms with Crippen LogP contribution in [0.2, 0.25) is 0 Å². The van der Waals surface area contributed by atoms with Crippen LogP contribution in [0, 0.1) is 25.7 Å². The van der Waals surface area contributed by atoms with Gasteiger partial charge in [0.05, 0.1) is 37.3 Å². The monoisotopic (exact) mass is 490 g/mol. The van der Waals surface area contributed by atoms with Crippen molar-refractivity contribution in [2.24, 2.45) is 18.9 Å². The molecule has 2 fully saturated rings. The molecule has 1 aliphatic carbocycles. The second-order valence-corrected chi connectivity index (χ2v) is 9.56. The minimum absolute atomic E-state index is 0.0239. The average Bonchev–Trinajstić information content (AvgIpc) is 3.21. The predicted molar refractivity (Wildman–Crippen MR) is 123 cm³/mol. The molecule has 2 aliphatic rings. The zero-order valence-corrected chi connectivity index (χ0v) is 20.0. The summed E-state index contributed by atoms with van der Waals surface area (Å²) in [5.41, 5.74) is 3.39. The highest BCUT2D eigenvalue weighted by Crippen LogP contribution is 2.46. The molecule has 11 heteroatoms. The normalized spacial score (nSPS) is 22.9. The molecule has 0 aromatic carbocycles. The van der Waals surface area contributed by atoms with Crippen LogP contribution in [0.15, 0.2) is 18.5 Å². The molecular weight excluding hydrogens is 461 g/mol. The third-order valence-electron chi connectivity index (χ3n) is 6.99. The maximum atomic E-state index is 12.8. The number of alkyl halides is 3. The third kappa shape index (κ3) is 5.05. The quantitative estimate of drug-likeness (QED) is 0.510. The molecule has 3 aromatic heterocycles. The van der Waals surface area contributed by atoms with Crippen LogP contribution >= 0.6 is 0 Å². The fraction of sp³-hybridized carbons (Fsp3) is 0.583. The molecular formula is C24H29F3N6O2. The van der Waals surface area contributed by atoms with Crippen molar-refractivity contribution in [1.82, 2.24) is 24.7 Å². The first-order chi connectivity index (χ1) is 16.7. The summed E-state index contributed by atoms with van der Waals surface area (Å²) in [6, 6.07) is 1.96. The van der Waals surface area contributed by atoms with Gasteiger partial charge in [-0.1, -0.05) is 0 Å². The maximum absolute atomic E-state index is 12.8.